The molecule has 1 aliphatic heterocycles. The molecule has 1 atom stereocenters. The van der Waals surface area contributed by atoms with E-state index in [9.17, 15) is 4.79 Å². The number of amides is 1. The Bertz CT molecular complexity index is 876. The second-order valence-corrected chi connectivity index (χ2v) is 5.68. The van der Waals surface area contributed by atoms with E-state index in [1.807, 2.05) is 54.2 Å². The Morgan fingerprint density at radius 3 is 2.23 bits per heavy atom. The zero-order valence-electron chi connectivity index (χ0n) is 12.3. The first kappa shape index (κ1) is 13.0. The topological polar surface area (TPSA) is 45.0 Å². The van der Waals surface area contributed by atoms with Crippen LogP contribution in [0.4, 0.5) is 0 Å². The van der Waals surface area contributed by atoms with Crippen LogP contribution in [-0.2, 0) is 4.79 Å². The molecule has 0 saturated carbocycles. The van der Waals surface area contributed by atoms with Crippen LogP contribution < -0.4 is 5.43 Å². The smallest absolute Gasteiger partial charge is 0.269 e. The number of pyridine rings is 1. The Morgan fingerprint density at radius 2 is 1.68 bits per heavy atom. The second-order valence-electron chi connectivity index (χ2n) is 5.68. The van der Waals surface area contributed by atoms with E-state index in [1.165, 1.54) is 0 Å². The van der Waals surface area contributed by atoms with Crippen LogP contribution in [-0.4, -0.2) is 27.8 Å². The molecule has 0 aliphatic carbocycles. The molecule has 4 heteroatoms. The molecule has 0 radical (unpaired) electrons. The van der Waals surface area contributed by atoms with Crippen molar-refractivity contribution in [1.29, 1.82) is 0 Å². The third-order valence-electron chi connectivity index (χ3n) is 4.11. The lowest BCUT2D eigenvalue weighted by molar-refractivity contribution is -0.585. The molecule has 22 heavy (non-hydrogen) atoms. The largest absolute Gasteiger partial charge is 0.281 e. The van der Waals surface area contributed by atoms with Gasteiger partial charge in [-0.3, -0.25) is 4.79 Å². The third kappa shape index (κ3) is 2.04. The lowest BCUT2D eigenvalue weighted by Gasteiger charge is -2.06. The summed E-state index contributed by atoms with van der Waals surface area (Å²) in [6.45, 7) is 2.04. The zero-order chi connectivity index (χ0) is 15.1. The Morgan fingerprint density at radius 1 is 1.09 bits per heavy atom. The van der Waals surface area contributed by atoms with E-state index in [0.717, 1.165) is 27.4 Å². The normalized spacial score (nSPS) is 20.0. The average molecular weight is 290 g/mol. The van der Waals surface area contributed by atoms with E-state index in [2.05, 4.69) is 17.6 Å². The van der Waals surface area contributed by atoms with Crippen molar-refractivity contribution in [3.63, 3.8) is 0 Å². The highest BCUT2D eigenvalue weighted by Gasteiger charge is 2.30. The Balaban J connectivity index is 2.05. The molecule has 3 aromatic rings. The number of carbonyl (C=O) groups is 1. The van der Waals surface area contributed by atoms with Crippen LogP contribution in [0.1, 0.15) is 18.9 Å². The van der Waals surface area contributed by atoms with Gasteiger partial charge >= 0.3 is 0 Å². The monoisotopic (exact) mass is 290 g/mol. The maximum absolute atomic E-state index is 11.6. The highest BCUT2D eigenvalue weighted by atomic mass is 16.2. The van der Waals surface area contributed by atoms with Gasteiger partial charge in [0, 0.05) is 17.7 Å². The fourth-order valence-electron chi connectivity index (χ4n) is 2.98. The second kappa shape index (κ2) is 4.91. The van der Waals surface area contributed by atoms with E-state index >= 15 is 0 Å². The van der Waals surface area contributed by atoms with Gasteiger partial charge in [-0.25, -0.2) is 4.98 Å². The minimum atomic E-state index is 0.0615. The van der Waals surface area contributed by atoms with Crippen LogP contribution in [0.5, 0.6) is 0 Å². The molecule has 1 amide bonds. The van der Waals surface area contributed by atoms with Gasteiger partial charge in [0.25, 0.3) is 5.91 Å². The summed E-state index contributed by atoms with van der Waals surface area (Å²) in [6.07, 6.45) is 2.55. The van der Waals surface area contributed by atoms with Gasteiger partial charge in [-0.2, -0.15) is 0 Å². The maximum atomic E-state index is 11.6. The van der Waals surface area contributed by atoms with Gasteiger partial charge in [0.2, 0.25) is 6.21 Å². The molecule has 1 aromatic heterocycles. The summed E-state index contributed by atoms with van der Waals surface area (Å²) in [5, 5.41) is 2.18. The van der Waals surface area contributed by atoms with Crippen molar-refractivity contribution in [3.05, 3.63) is 54.1 Å². The molecule has 4 rings (SSSR count). The third-order valence-corrected chi connectivity index (χ3v) is 4.11. The van der Waals surface area contributed by atoms with E-state index in [-0.39, 0.29) is 11.9 Å². The number of aromatic nitrogens is 1. The lowest BCUT2D eigenvalue weighted by Crippen LogP contribution is -2.28. The molecular weight excluding hydrogens is 274 g/mol. The number of nitrogens with zero attached hydrogens (tertiary/aromatic N) is 2. The van der Waals surface area contributed by atoms with Gasteiger partial charge in [-0.05, 0) is 12.1 Å². The average Bonchev–Trinajstić information content (AvgIpc) is 2.84. The first-order valence-electron chi connectivity index (χ1n) is 7.42. The SMILES string of the molecule is C[C@@H]1CC(=O)N/[N+]1=C\c1c2ccccc2nc2ccccc12. The minimum Gasteiger partial charge on any atom is -0.269 e. The van der Waals surface area contributed by atoms with Crippen molar-refractivity contribution in [2.75, 3.05) is 0 Å². The fraction of sp³-hybridized carbons (Fsp3) is 0.167. The molecule has 0 spiro atoms. The Hall–Kier alpha value is -2.75. The molecule has 108 valence electrons. The Labute approximate surface area is 128 Å². The zero-order valence-corrected chi connectivity index (χ0v) is 12.3. The molecule has 0 bridgehead atoms. The minimum absolute atomic E-state index is 0.0615. The molecule has 1 aliphatic rings. The van der Waals surface area contributed by atoms with Crippen molar-refractivity contribution in [3.8, 4) is 0 Å². The number of hydrazine groups is 1. The first-order valence-corrected chi connectivity index (χ1v) is 7.42. The van der Waals surface area contributed by atoms with Gasteiger partial charge in [-0.15, -0.1) is 10.1 Å². The molecule has 0 unspecified atom stereocenters. The number of para-hydroxylation sites is 2. The van der Waals surface area contributed by atoms with Crippen LogP contribution >= 0.6 is 0 Å². The molecule has 1 fully saturated rings. The summed E-state index contributed by atoms with van der Waals surface area (Å²) in [6, 6.07) is 16.4. The van der Waals surface area contributed by atoms with E-state index in [0.29, 0.717) is 6.42 Å². The molecule has 1 N–H and O–H groups in total. The first-order chi connectivity index (χ1) is 10.7. The lowest BCUT2D eigenvalue weighted by atomic mass is 10.0. The van der Waals surface area contributed by atoms with Crippen molar-refractivity contribution in [2.45, 2.75) is 19.4 Å². The van der Waals surface area contributed by atoms with E-state index in [4.69, 9.17) is 4.98 Å². The number of nitrogens with one attached hydrogen (secondary N) is 1. The highest BCUT2D eigenvalue weighted by Crippen LogP contribution is 2.24. The standard InChI is InChI=1S/C18H15N3O/c1-12-10-18(22)20-21(12)11-15-13-6-2-4-8-16(13)19-17-9-5-3-7-14(15)17/h2-9,11-12H,10H2,1H3/p+1/t12-/m1/s1. The maximum Gasteiger partial charge on any atom is 0.281 e. The summed E-state index contributed by atoms with van der Waals surface area (Å²) in [7, 11) is 0. The van der Waals surface area contributed by atoms with Crippen LogP contribution in [0.2, 0.25) is 0 Å². The number of hydrogen-bond donors (Lipinski definition) is 1. The van der Waals surface area contributed by atoms with E-state index < -0.39 is 0 Å². The van der Waals surface area contributed by atoms with Crippen molar-refractivity contribution >= 4 is 33.9 Å². The highest BCUT2D eigenvalue weighted by molar-refractivity contribution is 6.09. The van der Waals surface area contributed by atoms with Crippen LogP contribution in [0, 0.1) is 0 Å². The number of benzene rings is 2. The number of hydrogen-bond acceptors (Lipinski definition) is 2. The summed E-state index contributed by atoms with van der Waals surface area (Å²) in [4.78, 5) is 16.3. The number of hydrazone groups is 1. The molecule has 4 nitrogen and oxygen atoms in total. The van der Waals surface area contributed by atoms with Gasteiger partial charge in [0.15, 0.2) is 6.04 Å². The summed E-state index contributed by atoms with van der Waals surface area (Å²) in [5.41, 5.74) is 5.92. The number of fused-ring (bicyclic) bond motifs is 2. The predicted octanol–water partition coefficient (Wildman–Crippen LogP) is 2.64. The van der Waals surface area contributed by atoms with Crippen molar-refractivity contribution in [2.24, 2.45) is 0 Å². The van der Waals surface area contributed by atoms with Gasteiger partial charge in [0.05, 0.1) is 23.0 Å². The van der Waals surface area contributed by atoms with Crippen LogP contribution in [0.25, 0.3) is 21.8 Å². The molecule has 2 heterocycles. The summed E-state index contributed by atoms with van der Waals surface area (Å²) < 4.78 is 1.90. The molecular formula is C18H16N3O+. The van der Waals surface area contributed by atoms with Crippen LogP contribution in [0.3, 0.4) is 0 Å². The molecule has 2 aromatic carbocycles. The molecule has 1 saturated heterocycles. The van der Waals surface area contributed by atoms with E-state index in [1.54, 1.807) is 0 Å². The summed E-state index contributed by atoms with van der Waals surface area (Å²) >= 11 is 0. The van der Waals surface area contributed by atoms with Gasteiger partial charge in [0.1, 0.15) is 0 Å². The van der Waals surface area contributed by atoms with Crippen molar-refractivity contribution in [1.82, 2.24) is 10.4 Å². The number of rotatable bonds is 1. The number of carbonyl (C=O) groups excluding carboxylic acids is 1. The van der Waals surface area contributed by atoms with Gasteiger partial charge in [-0.1, -0.05) is 36.4 Å². The quantitative estimate of drug-likeness (QED) is 0.553. The summed E-state index contributed by atoms with van der Waals surface area (Å²) in [5.74, 6) is 0.0615. The fourth-order valence-corrected chi connectivity index (χ4v) is 2.98. The van der Waals surface area contributed by atoms with Crippen molar-refractivity contribution < 1.29 is 9.48 Å². The van der Waals surface area contributed by atoms with Gasteiger partial charge < -0.3 is 0 Å². The predicted molar refractivity (Wildman–Crippen MR) is 86.9 cm³/mol. The van der Waals surface area contributed by atoms with Crippen LogP contribution in [0.15, 0.2) is 48.5 Å². The Kier molecular flexibility index (Phi) is 2.89.